The smallest absolute Gasteiger partial charge is 0.242 e. The Balaban J connectivity index is 1.35. The Hall–Kier alpha value is -3.16. The quantitative estimate of drug-likeness (QED) is 0.624. The van der Waals surface area contributed by atoms with E-state index in [1.165, 1.54) is 4.90 Å². The van der Waals surface area contributed by atoms with Crippen molar-refractivity contribution in [2.75, 3.05) is 25.0 Å². The highest BCUT2D eigenvalue weighted by Crippen LogP contribution is 2.38. The van der Waals surface area contributed by atoms with Crippen molar-refractivity contribution in [3.63, 3.8) is 0 Å². The van der Waals surface area contributed by atoms with Gasteiger partial charge in [0.15, 0.2) is 0 Å². The molecule has 2 fully saturated rings. The van der Waals surface area contributed by atoms with Crippen molar-refractivity contribution >= 4 is 40.2 Å². The topological polar surface area (TPSA) is 91.7 Å². The van der Waals surface area contributed by atoms with Gasteiger partial charge in [0.25, 0.3) is 0 Å². The molecule has 2 unspecified atom stereocenters. The van der Waals surface area contributed by atoms with E-state index in [0.717, 1.165) is 36.6 Å². The number of rotatable bonds is 8. The van der Waals surface area contributed by atoms with Crippen LogP contribution in [0.15, 0.2) is 30.5 Å². The van der Waals surface area contributed by atoms with Gasteiger partial charge in [-0.3, -0.25) is 24.1 Å². The molecule has 0 radical (unpaired) electrons. The van der Waals surface area contributed by atoms with Gasteiger partial charge < -0.3 is 14.8 Å². The van der Waals surface area contributed by atoms with E-state index in [4.69, 9.17) is 0 Å². The van der Waals surface area contributed by atoms with Gasteiger partial charge in [-0.15, -0.1) is 0 Å². The SMILES string of the molecule is CCN(CC)C(=O)Cn1ccc2cc(NC(=O)CCN3C(=O)C4CCCCC4C3=O)ccc21. The molecule has 0 spiro atoms. The number of hydrogen-bond acceptors (Lipinski definition) is 4. The molecule has 33 heavy (non-hydrogen) atoms. The Morgan fingerprint density at radius 2 is 1.70 bits per heavy atom. The molecule has 1 saturated carbocycles. The fraction of sp³-hybridized carbons (Fsp3) is 0.520. The molecule has 1 N–H and O–H groups in total. The molecule has 2 aliphatic rings. The molecule has 2 aromatic rings. The summed E-state index contributed by atoms with van der Waals surface area (Å²) in [6.07, 6.45) is 5.48. The van der Waals surface area contributed by atoms with E-state index in [1.807, 2.05) is 42.8 Å². The number of likely N-dealkylation sites (N-methyl/N-ethyl adjacent to an activating group) is 1. The van der Waals surface area contributed by atoms with E-state index in [-0.39, 0.29) is 55.0 Å². The highest BCUT2D eigenvalue weighted by Gasteiger charge is 2.47. The van der Waals surface area contributed by atoms with Crippen LogP contribution in [0.1, 0.15) is 46.0 Å². The van der Waals surface area contributed by atoms with Gasteiger partial charge in [0.2, 0.25) is 23.6 Å². The van der Waals surface area contributed by atoms with Crippen LogP contribution < -0.4 is 5.32 Å². The summed E-state index contributed by atoms with van der Waals surface area (Å²) in [4.78, 5) is 53.2. The number of aromatic nitrogens is 1. The number of carbonyl (C=O) groups excluding carboxylic acids is 4. The van der Waals surface area contributed by atoms with Gasteiger partial charge in [-0.2, -0.15) is 0 Å². The molecule has 1 aliphatic carbocycles. The lowest BCUT2D eigenvalue weighted by atomic mass is 9.81. The molecule has 4 amide bonds. The van der Waals surface area contributed by atoms with Crippen molar-refractivity contribution in [3.05, 3.63) is 30.5 Å². The number of anilines is 1. The van der Waals surface area contributed by atoms with Crippen LogP contribution in [0, 0.1) is 11.8 Å². The normalized spacial score (nSPS) is 20.2. The molecule has 2 heterocycles. The van der Waals surface area contributed by atoms with Gasteiger partial charge in [-0.1, -0.05) is 12.8 Å². The van der Waals surface area contributed by atoms with Crippen molar-refractivity contribution in [1.29, 1.82) is 0 Å². The van der Waals surface area contributed by atoms with Crippen LogP contribution in [-0.2, 0) is 25.7 Å². The number of fused-ring (bicyclic) bond motifs is 2. The molecule has 2 atom stereocenters. The zero-order chi connectivity index (χ0) is 23.5. The third kappa shape index (κ3) is 4.65. The van der Waals surface area contributed by atoms with Crippen LogP contribution in [0.4, 0.5) is 5.69 Å². The second-order valence-corrected chi connectivity index (χ2v) is 8.91. The molecule has 4 rings (SSSR count). The Bertz CT molecular complexity index is 1050. The third-order valence-corrected chi connectivity index (χ3v) is 6.97. The number of hydrogen-bond donors (Lipinski definition) is 1. The summed E-state index contributed by atoms with van der Waals surface area (Å²) in [5.74, 6) is -0.760. The summed E-state index contributed by atoms with van der Waals surface area (Å²) in [5, 5.41) is 3.79. The first kappa shape index (κ1) is 23.0. The van der Waals surface area contributed by atoms with E-state index in [1.54, 1.807) is 11.0 Å². The summed E-state index contributed by atoms with van der Waals surface area (Å²) in [7, 11) is 0. The highest BCUT2D eigenvalue weighted by molar-refractivity contribution is 6.05. The number of benzene rings is 1. The number of amides is 4. The number of imide groups is 1. The number of nitrogens with zero attached hydrogens (tertiary/aromatic N) is 3. The lowest BCUT2D eigenvalue weighted by molar-refractivity contribution is -0.140. The van der Waals surface area contributed by atoms with Crippen LogP contribution in [0.3, 0.4) is 0 Å². The summed E-state index contributed by atoms with van der Waals surface area (Å²) in [5.41, 5.74) is 1.57. The predicted molar refractivity (Wildman–Crippen MR) is 125 cm³/mol. The maximum atomic E-state index is 12.6. The Morgan fingerprint density at radius 1 is 1.03 bits per heavy atom. The van der Waals surface area contributed by atoms with E-state index in [0.29, 0.717) is 18.8 Å². The second kappa shape index (κ2) is 9.77. The minimum Gasteiger partial charge on any atom is -0.342 e. The largest absolute Gasteiger partial charge is 0.342 e. The monoisotopic (exact) mass is 452 g/mol. The van der Waals surface area contributed by atoms with Crippen LogP contribution in [-0.4, -0.2) is 57.6 Å². The van der Waals surface area contributed by atoms with Crippen LogP contribution in [0.25, 0.3) is 10.9 Å². The maximum Gasteiger partial charge on any atom is 0.242 e. The number of nitrogens with one attached hydrogen (secondary N) is 1. The van der Waals surface area contributed by atoms with Crippen molar-refractivity contribution in [2.45, 2.75) is 52.5 Å². The first-order chi connectivity index (χ1) is 15.9. The van der Waals surface area contributed by atoms with Gasteiger partial charge in [0, 0.05) is 48.8 Å². The first-order valence-corrected chi connectivity index (χ1v) is 11.9. The summed E-state index contributed by atoms with van der Waals surface area (Å²) in [6.45, 7) is 5.69. The lowest BCUT2D eigenvalue weighted by Crippen LogP contribution is -2.34. The molecule has 176 valence electrons. The summed E-state index contributed by atoms with van der Waals surface area (Å²) < 4.78 is 1.91. The molecule has 1 aromatic heterocycles. The van der Waals surface area contributed by atoms with Crippen LogP contribution in [0.2, 0.25) is 0 Å². The van der Waals surface area contributed by atoms with E-state index in [2.05, 4.69) is 5.32 Å². The van der Waals surface area contributed by atoms with Crippen molar-refractivity contribution in [3.8, 4) is 0 Å². The Kier molecular flexibility index (Phi) is 6.81. The van der Waals surface area contributed by atoms with E-state index < -0.39 is 0 Å². The fourth-order valence-electron chi connectivity index (χ4n) is 5.13. The van der Waals surface area contributed by atoms with Crippen LogP contribution >= 0.6 is 0 Å². The minimum atomic E-state index is -0.235. The average Bonchev–Trinajstić information content (AvgIpc) is 3.31. The van der Waals surface area contributed by atoms with Gasteiger partial charge >= 0.3 is 0 Å². The molecule has 8 heteroatoms. The van der Waals surface area contributed by atoms with Crippen molar-refractivity contribution in [2.24, 2.45) is 11.8 Å². The maximum absolute atomic E-state index is 12.6. The first-order valence-electron chi connectivity index (χ1n) is 11.9. The molecule has 0 bridgehead atoms. The average molecular weight is 453 g/mol. The Morgan fingerprint density at radius 3 is 2.33 bits per heavy atom. The van der Waals surface area contributed by atoms with E-state index >= 15 is 0 Å². The minimum absolute atomic E-state index is 0.0701. The number of carbonyl (C=O) groups is 4. The Labute approximate surface area is 193 Å². The van der Waals surface area contributed by atoms with Gasteiger partial charge in [-0.25, -0.2) is 0 Å². The zero-order valence-electron chi connectivity index (χ0n) is 19.4. The van der Waals surface area contributed by atoms with Gasteiger partial charge in [0.1, 0.15) is 6.54 Å². The van der Waals surface area contributed by atoms with Crippen molar-refractivity contribution < 1.29 is 19.2 Å². The predicted octanol–water partition coefficient (Wildman–Crippen LogP) is 3.01. The van der Waals surface area contributed by atoms with Crippen LogP contribution in [0.5, 0.6) is 0 Å². The molecular weight excluding hydrogens is 420 g/mol. The molecular formula is C25H32N4O4. The second-order valence-electron chi connectivity index (χ2n) is 8.91. The fourth-order valence-corrected chi connectivity index (χ4v) is 5.13. The molecule has 1 aliphatic heterocycles. The van der Waals surface area contributed by atoms with Crippen molar-refractivity contribution in [1.82, 2.24) is 14.4 Å². The van der Waals surface area contributed by atoms with Gasteiger partial charge in [0.05, 0.1) is 11.8 Å². The number of likely N-dealkylation sites (tertiary alicyclic amines) is 1. The summed E-state index contributed by atoms with van der Waals surface area (Å²) in [6, 6.07) is 7.48. The standard InChI is InChI=1S/C25H32N4O4/c1-3-27(4-2)23(31)16-28-13-11-17-15-18(9-10-21(17)28)26-22(30)12-14-29-24(32)19-7-5-6-8-20(19)25(29)33/h9-11,13,15,19-20H,3-8,12,14,16H2,1-2H3,(H,26,30). The molecule has 8 nitrogen and oxygen atoms in total. The van der Waals surface area contributed by atoms with Gasteiger partial charge in [-0.05, 0) is 51.0 Å². The lowest BCUT2D eigenvalue weighted by Gasteiger charge is -2.19. The van der Waals surface area contributed by atoms with E-state index in [9.17, 15) is 19.2 Å². The molecule has 1 aromatic carbocycles. The molecule has 1 saturated heterocycles. The third-order valence-electron chi connectivity index (χ3n) is 6.97. The highest BCUT2D eigenvalue weighted by atomic mass is 16.2. The zero-order valence-corrected chi connectivity index (χ0v) is 19.4. The summed E-state index contributed by atoms with van der Waals surface area (Å²) >= 11 is 0.